The van der Waals surface area contributed by atoms with E-state index in [-0.39, 0.29) is 11.1 Å². The summed E-state index contributed by atoms with van der Waals surface area (Å²) in [5.41, 5.74) is 0.702. The molecule has 5 nitrogen and oxygen atoms in total. The summed E-state index contributed by atoms with van der Waals surface area (Å²) in [6.07, 6.45) is -2.38. The van der Waals surface area contributed by atoms with Crippen LogP contribution in [0.5, 0.6) is 0 Å². The zero-order valence-electron chi connectivity index (χ0n) is 12.2. The van der Waals surface area contributed by atoms with Crippen molar-refractivity contribution in [3.8, 4) is 0 Å². The zero-order valence-corrected chi connectivity index (χ0v) is 13.2. The SMILES string of the molecule is C=C1[C@@H](O[Si](C)(C)C(C)(C)C)[C@H](O)[C@H]2OC(=O)N[C@@H]12. The van der Waals surface area contributed by atoms with E-state index in [0.29, 0.717) is 5.57 Å². The summed E-state index contributed by atoms with van der Waals surface area (Å²) in [4.78, 5) is 11.2. The van der Waals surface area contributed by atoms with Gasteiger partial charge in [-0.05, 0) is 23.7 Å². The maximum Gasteiger partial charge on any atom is 0.408 e. The van der Waals surface area contributed by atoms with Crippen LogP contribution in [0.3, 0.4) is 0 Å². The third-order valence-corrected chi connectivity index (χ3v) is 8.94. The quantitative estimate of drug-likeness (QED) is 0.599. The Morgan fingerprint density at radius 3 is 2.47 bits per heavy atom. The molecule has 0 bridgehead atoms. The Labute approximate surface area is 115 Å². The number of alkyl carbamates (subject to hydrolysis) is 1. The van der Waals surface area contributed by atoms with Gasteiger partial charge in [-0.25, -0.2) is 4.79 Å². The lowest BCUT2D eigenvalue weighted by Crippen LogP contribution is -2.47. The van der Waals surface area contributed by atoms with Crippen molar-refractivity contribution in [1.82, 2.24) is 5.32 Å². The molecule has 0 spiro atoms. The van der Waals surface area contributed by atoms with Crippen molar-refractivity contribution >= 4 is 14.4 Å². The second-order valence-electron chi connectivity index (χ2n) is 6.86. The fourth-order valence-corrected chi connectivity index (χ4v) is 3.49. The number of nitrogens with one attached hydrogen (secondary N) is 1. The second kappa shape index (κ2) is 4.33. The second-order valence-corrected chi connectivity index (χ2v) is 11.6. The van der Waals surface area contributed by atoms with Gasteiger partial charge >= 0.3 is 6.09 Å². The van der Waals surface area contributed by atoms with Crippen LogP contribution in [0.25, 0.3) is 0 Å². The number of carbonyl (C=O) groups excluding carboxylic acids is 1. The van der Waals surface area contributed by atoms with E-state index in [9.17, 15) is 9.90 Å². The lowest BCUT2D eigenvalue weighted by atomic mass is 10.1. The summed E-state index contributed by atoms with van der Waals surface area (Å²) >= 11 is 0. The Morgan fingerprint density at radius 2 is 2.00 bits per heavy atom. The smallest absolute Gasteiger partial charge is 0.408 e. The first-order valence-electron chi connectivity index (χ1n) is 6.56. The van der Waals surface area contributed by atoms with E-state index >= 15 is 0 Å². The van der Waals surface area contributed by atoms with Crippen molar-refractivity contribution < 1.29 is 19.1 Å². The molecule has 0 radical (unpaired) electrons. The van der Waals surface area contributed by atoms with E-state index in [1.165, 1.54) is 0 Å². The van der Waals surface area contributed by atoms with Gasteiger partial charge in [0.1, 0.15) is 6.10 Å². The minimum Gasteiger partial charge on any atom is -0.441 e. The molecule has 2 aliphatic rings. The van der Waals surface area contributed by atoms with Crippen LogP contribution in [-0.2, 0) is 9.16 Å². The predicted molar refractivity (Wildman–Crippen MR) is 74.4 cm³/mol. The van der Waals surface area contributed by atoms with Crippen molar-refractivity contribution in [3.05, 3.63) is 12.2 Å². The fraction of sp³-hybridized carbons (Fsp3) is 0.769. The molecule has 0 aromatic heterocycles. The van der Waals surface area contributed by atoms with Gasteiger partial charge in [0.2, 0.25) is 0 Å². The molecule has 1 aliphatic carbocycles. The van der Waals surface area contributed by atoms with E-state index in [1.54, 1.807) is 0 Å². The number of rotatable bonds is 2. The maximum absolute atomic E-state index is 11.2. The van der Waals surface area contributed by atoms with Gasteiger partial charge in [0.25, 0.3) is 0 Å². The molecule has 2 rings (SSSR count). The highest BCUT2D eigenvalue weighted by Crippen LogP contribution is 2.41. The van der Waals surface area contributed by atoms with Gasteiger partial charge in [0.05, 0.1) is 12.1 Å². The largest absolute Gasteiger partial charge is 0.441 e. The molecular weight excluding hydrogens is 262 g/mol. The summed E-state index contributed by atoms with van der Waals surface area (Å²) in [6.45, 7) is 14.6. The zero-order chi connectivity index (χ0) is 14.6. The topological polar surface area (TPSA) is 67.8 Å². The number of hydrogen-bond acceptors (Lipinski definition) is 4. The summed E-state index contributed by atoms with van der Waals surface area (Å²) < 4.78 is 11.3. The molecule has 4 atom stereocenters. The summed E-state index contributed by atoms with van der Waals surface area (Å²) in [5, 5.41) is 13.0. The molecule has 1 amide bonds. The van der Waals surface area contributed by atoms with Crippen LogP contribution in [-0.4, -0.2) is 43.9 Å². The highest BCUT2D eigenvalue weighted by atomic mass is 28.4. The molecule has 1 saturated heterocycles. The Balaban J connectivity index is 2.16. The molecular formula is C13H23NO4Si. The van der Waals surface area contributed by atoms with E-state index in [1.807, 2.05) is 0 Å². The van der Waals surface area contributed by atoms with Crippen LogP contribution >= 0.6 is 0 Å². The molecule has 2 fully saturated rings. The van der Waals surface area contributed by atoms with E-state index in [0.717, 1.165) is 0 Å². The highest BCUT2D eigenvalue weighted by molar-refractivity contribution is 6.74. The van der Waals surface area contributed by atoms with E-state index in [2.05, 4.69) is 45.8 Å². The Hall–Kier alpha value is -0.853. The minimum absolute atomic E-state index is 0.0504. The van der Waals surface area contributed by atoms with Gasteiger partial charge in [-0.15, -0.1) is 0 Å². The van der Waals surface area contributed by atoms with Gasteiger partial charge in [-0.1, -0.05) is 27.4 Å². The molecule has 1 aliphatic heterocycles. The molecule has 1 heterocycles. The van der Waals surface area contributed by atoms with Crippen LogP contribution in [0.1, 0.15) is 20.8 Å². The number of carbonyl (C=O) groups is 1. The molecule has 19 heavy (non-hydrogen) atoms. The van der Waals surface area contributed by atoms with Crippen LogP contribution in [0.15, 0.2) is 12.2 Å². The third-order valence-electron chi connectivity index (χ3n) is 4.48. The van der Waals surface area contributed by atoms with Gasteiger partial charge in [-0.3, -0.25) is 0 Å². The lowest BCUT2D eigenvalue weighted by Gasteiger charge is -2.39. The van der Waals surface area contributed by atoms with Crippen molar-refractivity contribution in [2.75, 3.05) is 0 Å². The molecule has 108 valence electrons. The van der Waals surface area contributed by atoms with Gasteiger partial charge in [-0.2, -0.15) is 0 Å². The molecule has 0 aromatic rings. The number of amides is 1. The Morgan fingerprint density at radius 1 is 1.42 bits per heavy atom. The monoisotopic (exact) mass is 285 g/mol. The van der Waals surface area contributed by atoms with Crippen molar-refractivity contribution in [3.63, 3.8) is 0 Å². The van der Waals surface area contributed by atoms with Crippen LogP contribution in [0, 0.1) is 0 Å². The minimum atomic E-state index is -2.01. The number of hydrogen-bond donors (Lipinski definition) is 2. The predicted octanol–water partition coefficient (Wildman–Crippen LogP) is 1.78. The average molecular weight is 285 g/mol. The molecule has 1 saturated carbocycles. The summed E-state index contributed by atoms with van der Waals surface area (Å²) in [7, 11) is -2.01. The van der Waals surface area contributed by atoms with Crippen LogP contribution in [0.4, 0.5) is 4.79 Å². The van der Waals surface area contributed by atoms with Crippen LogP contribution in [0.2, 0.25) is 18.1 Å². The van der Waals surface area contributed by atoms with Gasteiger partial charge in [0.15, 0.2) is 14.4 Å². The van der Waals surface area contributed by atoms with Gasteiger partial charge in [0, 0.05) is 0 Å². The van der Waals surface area contributed by atoms with Crippen LogP contribution < -0.4 is 5.32 Å². The fourth-order valence-electron chi connectivity index (χ4n) is 2.21. The maximum atomic E-state index is 11.2. The first-order chi connectivity index (χ1) is 8.54. The van der Waals surface area contributed by atoms with E-state index in [4.69, 9.17) is 9.16 Å². The normalized spacial score (nSPS) is 35.1. The number of aliphatic hydroxyl groups is 1. The summed E-state index contributed by atoms with van der Waals surface area (Å²) in [6, 6.07) is -0.336. The van der Waals surface area contributed by atoms with Gasteiger partial charge < -0.3 is 19.6 Å². The first kappa shape index (κ1) is 14.6. The third kappa shape index (κ3) is 2.32. The van der Waals surface area contributed by atoms with E-state index < -0.39 is 32.7 Å². The van der Waals surface area contributed by atoms with Crippen molar-refractivity contribution in [2.24, 2.45) is 0 Å². The highest BCUT2D eigenvalue weighted by Gasteiger charge is 2.55. The standard InChI is InChI=1S/C13H23NO4Si/c1-7-8-11(17-12(16)14-8)9(15)10(7)18-19(5,6)13(2,3)4/h8-11,15H,1H2,2-6H3,(H,14,16)/t8-,9-,10+,11-/m0/s1. The average Bonchev–Trinajstić information content (AvgIpc) is 2.72. The van der Waals surface area contributed by atoms with Crippen molar-refractivity contribution in [1.29, 1.82) is 0 Å². The molecule has 2 N–H and O–H groups in total. The lowest BCUT2D eigenvalue weighted by molar-refractivity contribution is -0.00714. The Kier molecular flexibility index (Phi) is 3.31. The molecule has 0 unspecified atom stereocenters. The first-order valence-corrected chi connectivity index (χ1v) is 9.47. The number of aliphatic hydroxyl groups excluding tert-OH is 1. The number of ether oxygens (including phenoxy) is 1. The Bertz CT molecular complexity index is 415. The van der Waals surface area contributed by atoms with Crippen molar-refractivity contribution in [2.45, 2.75) is 63.3 Å². The summed E-state index contributed by atoms with van der Waals surface area (Å²) in [5.74, 6) is 0. The molecule has 0 aromatic carbocycles. The molecule has 6 heteroatoms. The number of fused-ring (bicyclic) bond motifs is 1.